The van der Waals surface area contributed by atoms with Crippen molar-refractivity contribution in [1.82, 2.24) is 15.1 Å². The summed E-state index contributed by atoms with van der Waals surface area (Å²) in [5.74, 6) is 0.182. The topological polar surface area (TPSA) is 67.2 Å². The molecule has 0 bridgehead atoms. The molecule has 1 heterocycles. The Bertz CT molecular complexity index is 309. The highest BCUT2D eigenvalue weighted by atomic mass is 16.3. The molecule has 2 N–H and O–H groups in total. The third kappa shape index (κ3) is 4.02. The number of nitrogens with zero attached hydrogens (tertiary/aromatic N) is 2. The van der Waals surface area contributed by atoms with Crippen molar-refractivity contribution < 1.29 is 9.90 Å². The maximum Gasteiger partial charge on any atom is 0.222 e. The van der Waals surface area contributed by atoms with Gasteiger partial charge in [0.2, 0.25) is 5.91 Å². The van der Waals surface area contributed by atoms with Crippen molar-refractivity contribution in [1.29, 1.82) is 0 Å². The second-order valence-electron chi connectivity index (χ2n) is 4.12. The van der Waals surface area contributed by atoms with E-state index in [1.54, 1.807) is 10.9 Å². The van der Waals surface area contributed by atoms with Crippen LogP contribution < -0.4 is 5.32 Å². The molecule has 1 aromatic rings. The molecule has 1 amide bonds. The summed E-state index contributed by atoms with van der Waals surface area (Å²) in [7, 11) is 0. The number of carbonyl (C=O) groups is 1. The maximum absolute atomic E-state index is 11.5. The molecule has 1 unspecified atom stereocenters. The van der Waals surface area contributed by atoms with E-state index >= 15 is 0 Å². The summed E-state index contributed by atoms with van der Waals surface area (Å²) in [5.41, 5.74) is 0. The van der Waals surface area contributed by atoms with Crippen LogP contribution in [-0.4, -0.2) is 33.4 Å². The summed E-state index contributed by atoms with van der Waals surface area (Å²) < 4.78 is 1.71. The molecule has 0 aliphatic rings. The SMILES string of the molecule is CC(C)C(CO)NC(=O)CCn1cccn1. The molecule has 1 aromatic heterocycles. The van der Waals surface area contributed by atoms with Gasteiger partial charge in [0.05, 0.1) is 12.6 Å². The van der Waals surface area contributed by atoms with E-state index < -0.39 is 0 Å². The summed E-state index contributed by atoms with van der Waals surface area (Å²) in [4.78, 5) is 11.5. The van der Waals surface area contributed by atoms with Gasteiger partial charge in [-0.15, -0.1) is 0 Å². The summed E-state index contributed by atoms with van der Waals surface area (Å²) in [6.07, 6.45) is 3.88. The first-order valence-corrected chi connectivity index (χ1v) is 5.51. The highest BCUT2D eigenvalue weighted by molar-refractivity contribution is 5.76. The molecule has 0 radical (unpaired) electrons. The quantitative estimate of drug-likeness (QED) is 0.736. The standard InChI is InChI=1S/C11H19N3O2/c1-9(2)10(8-15)13-11(16)4-7-14-6-3-5-12-14/h3,5-6,9-10,15H,4,7-8H2,1-2H3,(H,13,16). The third-order valence-electron chi connectivity index (χ3n) is 2.47. The molecule has 0 aromatic carbocycles. The Morgan fingerprint density at radius 1 is 1.56 bits per heavy atom. The second-order valence-corrected chi connectivity index (χ2v) is 4.12. The van der Waals surface area contributed by atoms with Gasteiger partial charge in [-0.25, -0.2) is 0 Å². The predicted octanol–water partition coefficient (Wildman–Crippen LogP) is 0.406. The van der Waals surface area contributed by atoms with Crippen molar-refractivity contribution in [3.8, 4) is 0 Å². The van der Waals surface area contributed by atoms with Crippen LogP contribution in [-0.2, 0) is 11.3 Å². The molecule has 0 fully saturated rings. The molecule has 0 aliphatic heterocycles. The van der Waals surface area contributed by atoms with E-state index in [1.807, 2.05) is 26.1 Å². The smallest absolute Gasteiger partial charge is 0.222 e. The summed E-state index contributed by atoms with van der Waals surface area (Å²) in [6.45, 7) is 4.48. The molecule has 5 nitrogen and oxygen atoms in total. The zero-order chi connectivity index (χ0) is 12.0. The van der Waals surface area contributed by atoms with Crippen LogP contribution >= 0.6 is 0 Å². The van der Waals surface area contributed by atoms with E-state index in [0.29, 0.717) is 13.0 Å². The van der Waals surface area contributed by atoms with Crippen molar-refractivity contribution in [2.75, 3.05) is 6.61 Å². The average Bonchev–Trinajstić information content (AvgIpc) is 2.75. The minimum Gasteiger partial charge on any atom is -0.394 e. The third-order valence-corrected chi connectivity index (χ3v) is 2.47. The number of rotatable bonds is 6. The molecule has 0 saturated heterocycles. The number of aromatic nitrogens is 2. The lowest BCUT2D eigenvalue weighted by Crippen LogP contribution is -2.41. The minimum atomic E-state index is -0.162. The maximum atomic E-state index is 11.5. The van der Waals surface area contributed by atoms with Crippen molar-refractivity contribution in [2.24, 2.45) is 5.92 Å². The molecule has 0 saturated carbocycles. The van der Waals surface area contributed by atoms with Crippen LogP contribution in [0.4, 0.5) is 0 Å². The lowest BCUT2D eigenvalue weighted by molar-refractivity contribution is -0.122. The molecule has 16 heavy (non-hydrogen) atoms. The highest BCUT2D eigenvalue weighted by Gasteiger charge is 2.14. The number of amides is 1. The average molecular weight is 225 g/mol. The Kier molecular flexibility index (Phi) is 4.98. The monoisotopic (exact) mass is 225 g/mol. The Morgan fingerprint density at radius 2 is 2.31 bits per heavy atom. The normalized spacial score (nSPS) is 12.8. The largest absolute Gasteiger partial charge is 0.394 e. The molecule has 1 atom stereocenters. The van der Waals surface area contributed by atoms with Gasteiger partial charge in [0.1, 0.15) is 0 Å². The Morgan fingerprint density at radius 3 is 2.81 bits per heavy atom. The zero-order valence-electron chi connectivity index (χ0n) is 9.76. The first kappa shape index (κ1) is 12.7. The fourth-order valence-corrected chi connectivity index (χ4v) is 1.35. The minimum absolute atomic E-state index is 0.0226. The van der Waals surface area contributed by atoms with Gasteiger partial charge < -0.3 is 10.4 Å². The van der Waals surface area contributed by atoms with Crippen LogP contribution in [0.5, 0.6) is 0 Å². The van der Waals surface area contributed by atoms with E-state index in [2.05, 4.69) is 10.4 Å². The number of nitrogens with one attached hydrogen (secondary N) is 1. The summed E-state index contributed by atoms with van der Waals surface area (Å²) in [5, 5.41) is 15.9. The van der Waals surface area contributed by atoms with Gasteiger partial charge >= 0.3 is 0 Å². The molecule has 1 rings (SSSR count). The van der Waals surface area contributed by atoms with Gasteiger partial charge in [0.15, 0.2) is 0 Å². The molecular formula is C11H19N3O2. The van der Waals surface area contributed by atoms with E-state index in [0.717, 1.165) is 0 Å². The van der Waals surface area contributed by atoms with E-state index in [4.69, 9.17) is 5.11 Å². The van der Waals surface area contributed by atoms with Gasteiger partial charge in [-0.3, -0.25) is 9.48 Å². The number of carbonyl (C=O) groups excluding carboxylic acids is 1. The molecule has 90 valence electrons. The van der Waals surface area contributed by atoms with Gasteiger partial charge in [0, 0.05) is 25.4 Å². The number of hydrogen-bond donors (Lipinski definition) is 2. The first-order valence-electron chi connectivity index (χ1n) is 5.51. The van der Waals surface area contributed by atoms with Crippen LogP contribution in [0.1, 0.15) is 20.3 Å². The van der Waals surface area contributed by atoms with Crippen LogP contribution in [0, 0.1) is 5.92 Å². The van der Waals surface area contributed by atoms with Gasteiger partial charge in [-0.2, -0.15) is 5.10 Å². The Hall–Kier alpha value is -1.36. The number of hydrogen-bond acceptors (Lipinski definition) is 3. The van der Waals surface area contributed by atoms with Crippen molar-refractivity contribution in [3.05, 3.63) is 18.5 Å². The van der Waals surface area contributed by atoms with E-state index in [9.17, 15) is 4.79 Å². The van der Waals surface area contributed by atoms with E-state index in [1.165, 1.54) is 0 Å². The second kappa shape index (κ2) is 6.27. The predicted molar refractivity (Wildman–Crippen MR) is 60.7 cm³/mol. The molecule has 0 spiro atoms. The fourth-order valence-electron chi connectivity index (χ4n) is 1.35. The van der Waals surface area contributed by atoms with Crippen LogP contribution in [0.15, 0.2) is 18.5 Å². The van der Waals surface area contributed by atoms with Gasteiger partial charge in [0.25, 0.3) is 0 Å². The molecule has 5 heteroatoms. The first-order chi connectivity index (χ1) is 7.63. The molecule has 0 aliphatic carbocycles. The molecular weight excluding hydrogens is 206 g/mol. The van der Waals surface area contributed by atoms with Crippen molar-refractivity contribution in [3.63, 3.8) is 0 Å². The van der Waals surface area contributed by atoms with E-state index in [-0.39, 0.29) is 24.5 Å². The number of aliphatic hydroxyl groups is 1. The van der Waals surface area contributed by atoms with Crippen molar-refractivity contribution >= 4 is 5.91 Å². The zero-order valence-corrected chi connectivity index (χ0v) is 9.76. The Balaban J connectivity index is 2.30. The van der Waals surface area contributed by atoms with Crippen molar-refractivity contribution in [2.45, 2.75) is 32.9 Å². The summed E-state index contributed by atoms with van der Waals surface area (Å²) >= 11 is 0. The van der Waals surface area contributed by atoms with Crippen LogP contribution in [0.3, 0.4) is 0 Å². The lowest BCUT2D eigenvalue weighted by Gasteiger charge is -2.19. The highest BCUT2D eigenvalue weighted by Crippen LogP contribution is 2.01. The Labute approximate surface area is 95.5 Å². The number of aryl methyl sites for hydroxylation is 1. The fraction of sp³-hybridized carbons (Fsp3) is 0.636. The van der Waals surface area contributed by atoms with Crippen LogP contribution in [0.25, 0.3) is 0 Å². The van der Waals surface area contributed by atoms with Crippen LogP contribution in [0.2, 0.25) is 0 Å². The lowest BCUT2D eigenvalue weighted by atomic mass is 10.1. The van der Waals surface area contributed by atoms with Gasteiger partial charge in [-0.1, -0.05) is 13.8 Å². The summed E-state index contributed by atoms with van der Waals surface area (Å²) in [6, 6.07) is 1.66. The van der Waals surface area contributed by atoms with Gasteiger partial charge in [-0.05, 0) is 12.0 Å². The number of aliphatic hydroxyl groups excluding tert-OH is 1.